The van der Waals surface area contributed by atoms with Crippen molar-refractivity contribution in [2.24, 2.45) is 0 Å². The van der Waals surface area contributed by atoms with Gasteiger partial charge < -0.3 is 0 Å². The Hall–Kier alpha value is 0.440. The van der Waals surface area contributed by atoms with E-state index >= 15 is 0 Å². The van der Waals surface area contributed by atoms with E-state index in [1.165, 1.54) is 11.1 Å². The average molecular weight is 238 g/mol. The first-order valence-electron chi connectivity index (χ1n) is 2.41. The molecule has 0 radical (unpaired) electrons. The molecule has 1 rings (SSSR count). The number of hydrogen-bond acceptors (Lipinski definition) is 0. The molecule has 0 unspecified atom stereocenters. The van der Waals surface area contributed by atoms with Crippen LogP contribution in [-0.2, 0) is 0 Å². The van der Waals surface area contributed by atoms with Crippen LogP contribution in [0.25, 0.3) is 0 Å². The van der Waals surface area contributed by atoms with E-state index in [0.717, 1.165) is 9.81 Å². The van der Waals surface area contributed by atoms with Crippen molar-refractivity contribution in [1.82, 2.24) is 0 Å². The fourth-order valence-corrected chi connectivity index (χ4v) is 1.20. The van der Waals surface area contributed by atoms with Crippen LogP contribution in [0, 0.1) is 0 Å². The molecule has 1 aliphatic carbocycles. The van der Waals surface area contributed by atoms with Crippen LogP contribution < -0.4 is 0 Å². The molecule has 0 fully saturated rings. The van der Waals surface area contributed by atoms with E-state index in [1.807, 2.05) is 0 Å². The highest BCUT2D eigenvalue weighted by molar-refractivity contribution is 9.28. The van der Waals surface area contributed by atoms with Crippen molar-refractivity contribution in [3.8, 4) is 0 Å². The second-order valence-electron chi connectivity index (χ2n) is 1.95. The van der Waals surface area contributed by atoms with Crippen LogP contribution in [-0.4, -0.2) is 0 Å². The molecule has 0 saturated carbocycles. The molecule has 0 nitrogen and oxygen atoms in total. The van der Waals surface area contributed by atoms with Gasteiger partial charge >= 0.3 is 0 Å². The molecule has 0 heterocycles. The largest absolute Gasteiger partial charge is 0.0685 e. The molecule has 0 saturated heterocycles. The molecule has 2 heteroatoms. The standard InChI is InChI=1S/C6H6Br2/c1-4-2-5(3-4)6(7)8/h2H,3H2,1H3. The van der Waals surface area contributed by atoms with E-state index in [9.17, 15) is 0 Å². The minimum atomic E-state index is 1.09. The lowest BCUT2D eigenvalue weighted by molar-refractivity contribution is 1.06. The summed E-state index contributed by atoms with van der Waals surface area (Å²) in [7, 11) is 0. The summed E-state index contributed by atoms with van der Waals surface area (Å²) in [5.74, 6) is 0. The van der Waals surface area contributed by atoms with Crippen LogP contribution in [0.1, 0.15) is 13.3 Å². The Labute approximate surface area is 65.9 Å². The topological polar surface area (TPSA) is 0 Å². The summed E-state index contributed by atoms with van der Waals surface area (Å²) in [5, 5.41) is 0. The van der Waals surface area contributed by atoms with Gasteiger partial charge in [0.05, 0.1) is 3.39 Å². The van der Waals surface area contributed by atoms with Gasteiger partial charge in [-0.05, 0) is 50.8 Å². The third-order valence-electron chi connectivity index (χ3n) is 1.13. The smallest absolute Gasteiger partial charge is 0.0639 e. The molecular weight excluding hydrogens is 232 g/mol. The molecule has 0 spiro atoms. The SMILES string of the molecule is CC1=CC(=C(Br)Br)C1. The van der Waals surface area contributed by atoms with Crippen LogP contribution >= 0.6 is 31.9 Å². The average Bonchev–Trinajstić information content (AvgIpc) is 1.57. The Kier molecular flexibility index (Phi) is 1.93. The third-order valence-corrected chi connectivity index (χ3v) is 2.15. The van der Waals surface area contributed by atoms with Crippen LogP contribution in [0.15, 0.2) is 20.6 Å². The maximum Gasteiger partial charge on any atom is 0.0639 e. The summed E-state index contributed by atoms with van der Waals surface area (Å²) in [5.41, 5.74) is 2.82. The summed E-state index contributed by atoms with van der Waals surface area (Å²) in [6.07, 6.45) is 3.30. The molecule has 0 aromatic rings. The van der Waals surface area contributed by atoms with Crippen molar-refractivity contribution >= 4 is 31.9 Å². The van der Waals surface area contributed by atoms with E-state index in [0.29, 0.717) is 0 Å². The molecular formula is C6H6Br2. The van der Waals surface area contributed by atoms with E-state index in [1.54, 1.807) is 0 Å². The molecule has 0 N–H and O–H groups in total. The van der Waals surface area contributed by atoms with Crippen molar-refractivity contribution in [2.75, 3.05) is 0 Å². The van der Waals surface area contributed by atoms with E-state index in [2.05, 4.69) is 44.9 Å². The van der Waals surface area contributed by atoms with Gasteiger partial charge in [-0.1, -0.05) is 11.6 Å². The predicted octanol–water partition coefficient (Wildman–Crippen LogP) is 3.34. The summed E-state index contributed by atoms with van der Waals surface area (Å²) >= 11 is 6.66. The molecule has 0 aliphatic heterocycles. The van der Waals surface area contributed by atoms with Crippen LogP contribution in [0.4, 0.5) is 0 Å². The highest BCUT2D eigenvalue weighted by atomic mass is 79.9. The normalized spacial score (nSPS) is 17.4. The first-order valence-corrected chi connectivity index (χ1v) is 4.00. The Bertz CT molecular complexity index is 161. The second-order valence-corrected chi connectivity index (χ2v) is 4.60. The molecule has 8 heavy (non-hydrogen) atoms. The maximum atomic E-state index is 3.33. The van der Waals surface area contributed by atoms with Gasteiger partial charge in [0, 0.05) is 0 Å². The van der Waals surface area contributed by atoms with Crippen molar-refractivity contribution in [2.45, 2.75) is 13.3 Å². The first kappa shape index (κ1) is 6.56. The quantitative estimate of drug-likeness (QED) is 0.607. The first-order chi connectivity index (χ1) is 3.70. The number of hydrogen-bond donors (Lipinski definition) is 0. The Morgan fingerprint density at radius 1 is 1.62 bits per heavy atom. The van der Waals surface area contributed by atoms with Gasteiger partial charge in [0.2, 0.25) is 0 Å². The molecule has 0 aromatic heterocycles. The zero-order valence-corrected chi connectivity index (χ0v) is 7.71. The molecule has 0 amide bonds. The van der Waals surface area contributed by atoms with E-state index in [4.69, 9.17) is 0 Å². The second kappa shape index (κ2) is 2.36. The van der Waals surface area contributed by atoms with Crippen LogP contribution in [0.2, 0.25) is 0 Å². The molecule has 0 bridgehead atoms. The van der Waals surface area contributed by atoms with Crippen LogP contribution in [0.5, 0.6) is 0 Å². The summed E-state index contributed by atoms with van der Waals surface area (Å²) in [6, 6.07) is 0. The van der Waals surface area contributed by atoms with Crippen molar-refractivity contribution in [1.29, 1.82) is 0 Å². The zero-order chi connectivity index (χ0) is 6.15. The Balaban J connectivity index is 2.73. The lowest BCUT2D eigenvalue weighted by atomic mass is 9.96. The summed E-state index contributed by atoms with van der Waals surface area (Å²) in [6.45, 7) is 2.13. The van der Waals surface area contributed by atoms with Crippen molar-refractivity contribution in [3.63, 3.8) is 0 Å². The maximum absolute atomic E-state index is 3.33. The van der Waals surface area contributed by atoms with E-state index in [-0.39, 0.29) is 0 Å². The molecule has 0 aromatic carbocycles. The summed E-state index contributed by atoms with van der Waals surface area (Å²) in [4.78, 5) is 0. The van der Waals surface area contributed by atoms with Gasteiger partial charge in [0.1, 0.15) is 0 Å². The van der Waals surface area contributed by atoms with Crippen molar-refractivity contribution < 1.29 is 0 Å². The van der Waals surface area contributed by atoms with Gasteiger partial charge in [-0.3, -0.25) is 0 Å². The van der Waals surface area contributed by atoms with Gasteiger partial charge in [-0.2, -0.15) is 0 Å². The summed E-state index contributed by atoms with van der Waals surface area (Å²) < 4.78 is 1.09. The Morgan fingerprint density at radius 3 is 2.25 bits per heavy atom. The molecule has 1 aliphatic rings. The Morgan fingerprint density at radius 2 is 2.12 bits per heavy atom. The lowest BCUT2D eigenvalue weighted by Crippen LogP contribution is -1.93. The van der Waals surface area contributed by atoms with Crippen LogP contribution in [0.3, 0.4) is 0 Å². The minimum Gasteiger partial charge on any atom is -0.0685 e. The number of rotatable bonds is 0. The number of allylic oxidation sites excluding steroid dienone is 3. The third kappa shape index (κ3) is 1.23. The van der Waals surface area contributed by atoms with Gasteiger partial charge in [0.25, 0.3) is 0 Å². The van der Waals surface area contributed by atoms with Gasteiger partial charge in [-0.15, -0.1) is 0 Å². The predicted molar refractivity (Wildman–Crippen MR) is 43.3 cm³/mol. The monoisotopic (exact) mass is 236 g/mol. The van der Waals surface area contributed by atoms with E-state index < -0.39 is 0 Å². The minimum absolute atomic E-state index is 1.09. The van der Waals surface area contributed by atoms with Gasteiger partial charge in [0.15, 0.2) is 0 Å². The van der Waals surface area contributed by atoms with Gasteiger partial charge in [-0.25, -0.2) is 0 Å². The highest BCUT2D eigenvalue weighted by Gasteiger charge is 2.08. The molecule has 44 valence electrons. The number of halogens is 2. The fraction of sp³-hybridized carbons (Fsp3) is 0.333. The molecule has 0 atom stereocenters. The fourth-order valence-electron chi connectivity index (χ4n) is 0.690. The highest BCUT2D eigenvalue weighted by Crippen LogP contribution is 2.32. The van der Waals surface area contributed by atoms with Crippen molar-refractivity contribution in [3.05, 3.63) is 20.6 Å². The lowest BCUT2D eigenvalue weighted by Gasteiger charge is -2.13. The zero-order valence-electron chi connectivity index (χ0n) is 4.54.